The van der Waals surface area contributed by atoms with Crippen LogP contribution < -0.4 is 5.32 Å². The van der Waals surface area contributed by atoms with Crippen molar-refractivity contribution < 1.29 is 18.8 Å². The van der Waals surface area contributed by atoms with Crippen LogP contribution in [0.15, 0.2) is 30.3 Å². The van der Waals surface area contributed by atoms with Crippen LogP contribution >= 0.6 is 0 Å². The number of nitrogens with one attached hydrogen (secondary N) is 1. The molecular formula is C15H15F2N3O3. The standard InChI is InChI=1S/C15H15F2N3O3/c1-8-12(20(22)23)6-7-13(18-8)19-9(2)15(21)14-10(16)4-3-5-11(14)17/h3-7,9,15,21H,1-2H3,(H,18,19)/t9-,15-/m1/s1. The van der Waals surface area contributed by atoms with Crippen LogP contribution in [0.25, 0.3) is 0 Å². The van der Waals surface area contributed by atoms with Crippen LogP contribution in [0.4, 0.5) is 20.3 Å². The molecule has 6 nitrogen and oxygen atoms in total. The molecule has 0 saturated heterocycles. The highest BCUT2D eigenvalue weighted by atomic mass is 19.1. The van der Waals surface area contributed by atoms with Gasteiger partial charge in [0.25, 0.3) is 5.69 Å². The van der Waals surface area contributed by atoms with Crippen LogP contribution in [-0.2, 0) is 0 Å². The molecule has 1 heterocycles. The van der Waals surface area contributed by atoms with Crippen LogP contribution in [0.2, 0.25) is 0 Å². The molecule has 0 amide bonds. The summed E-state index contributed by atoms with van der Waals surface area (Å²) in [7, 11) is 0. The molecule has 0 aliphatic carbocycles. The van der Waals surface area contributed by atoms with Gasteiger partial charge in [-0.25, -0.2) is 13.8 Å². The fourth-order valence-corrected chi connectivity index (χ4v) is 2.18. The second kappa shape index (κ2) is 6.66. The second-order valence-electron chi connectivity index (χ2n) is 5.07. The van der Waals surface area contributed by atoms with Gasteiger partial charge < -0.3 is 10.4 Å². The van der Waals surface area contributed by atoms with Crippen molar-refractivity contribution in [3.8, 4) is 0 Å². The Hall–Kier alpha value is -2.61. The number of rotatable bonds is 5. The van der Waals surface area contributed by atoms with Gasteiger partial charge in [-0.1, -0.05) is 6.07 Å². The third-order valence-electron chi connectivity index (χ3n) is 3.40. The maximum atomic E-state index is 13.7. The normalized spacial score (nSPS) is 13.4. The summed E-state index contributed by atoms with van der Waals surface area (Å²) in [5.74, 6) is -1.44. The fraction of sp³-hybridized carbons (Fsp3) is 0.267. The van der Waals surface area contributed by atoms with Crippen molar-refractivity contribution in [2.24, 2.45) is 0 Å². The smallest absolute Gasteiger partial charge is 0.290 e. The molecule has 23 heavy (non-hydrogen) atoms. The molecule has 0 unspecified atom stereocenters. The largest absolute Gasteiger partial charge is 0.386 e. The van der Waals surface area contributed by atoms with Gasteiger partial charge in [-0.15, -0.1) is 0 Å². The molecule has 0 aliphatic rings. The van der Waals surface area contributed by atoms with Gasteiger partial charge >= 0.3 is 0 Å². The number of aliphatic hydroxyl groups excluding tert-OH is 1. The van der Waals surface area contributed by atoms with Gasteiger partial charge in [-0.2, -0.15) is 0 Å². The molecule has 2 atom stereocenters. The van der Waals surface area contributed by atoms with Gasteiger partial charge in [0.2, 0.25) is 0 Å². The van der Waals surface area contributed by atoms with E-state index in [2.05, 4.69) is 10.3 Å². The van der Waals surface area contributed by atoms with E-state index in [1.165, 1.54) is 32.0 Å². The number of aliphatic hydroxyl groups is 1. The number of nitro groups is 1. The number of anilines is 1. The Kier molecular flexibility index (Phi) is 4.85. The maximum absolute atomic E-state index is 13.7. The number of benzene rings is 1. The molecule has 1 aromatic carbocycles. The first-order chi connectivity index (χ1) is 10.8. The first-order valence-corrected chi connectivity index (χ1v) is 6.81. The Morgan fingerprint density at radius 3 is 2.39 bits per heavy atom. The first-order valence-electron chi connectivity index (χ1n) is 6.81. The molecule has 2 aromatic rings. The number of hydrogen-bond acceptors (Lipinski definition) is 5. The Morgan fingerprint density at radius 2 is 1.87 bits per heavy atom. The molecule has 0 radical (unpaired) electrons. The van der Waals surface area contributed by atoms with E-state index in [4.69, 9.17) is 0 Å². The number of aromatic nitrogens is 1. The predicted molar refractivity (Wildman–Crippen MR) is 80.0 cm³/mol. The Morgan fingerprint density at radius 1 is 1.26 bits per heavy atom. The Balaban J connectivity index is 2.20. The SMILES string of the molecule is Cc1nc(N[C@H](C)[C@@H](O)c2c(F)cccc2F)ccc1[N+](=O)[O-]. The van der Waals surface area contributed by atoms with Crippen molar-refractivity contribution in [3.63, 3.8) is 0 Å². The van der Waals surface area contributed by atoms with Gasteiger partial charge in [0.1, 0.15) is 29.3 Å². The van der Waals surface area contributed by atoms with Crippen LogP contribution in [-0.4, -0.2) is 21.1 Å². The number of hydrogen-bond donors (Lipinski definition) is 2. The van der Waals surface area contributed by atoms with Crippen molar-refractivity contribution in [2.45, 2.75) is 26.0 Å². The third kappa shape index (κ3) is 3.59. The van der Waals surface area contributed by atoms with E-state index in [0.29, 0.717) is 0 Å². The third-order valence-corrected chi connectivity index (χ3v) is 3.40. The van der Waals surface area contributed by atoms with Gasteiger partial charge in [-0.05, 0) is 32.0 Å². The zero-order chi connectivity index (χ0) is 17.1. The molecular weight excluding hydrogens is 308 g/mol. The summed E-state index contributed by atoms with van der Waals surface area (Å²) in [4.78, 5) is 14.2. The van der Waals surface area contributed by atoms with E-state index in [0.717, 1.165) is 12.1 Å². The average Bonchev–Trinajstić information content (AvgIpc) is 2.46. The monoisotopic (exact) mass is 323 g/mol. The maximum Gasteiger partial charge on any atom is 0.290 e. The van der Waals surface area contributed by atoms with Crippen molar-refractivity contribution >= 4 is 11.5 Å². The lowest BCUT2D eigenvalue weighted by Crippen LogP contribution is -2.26. The van der Waals surface area contributed by atoms with Crippen LogP contribution in [0.3, 0.4) is 0 Å². The van der Waals surface area contributed by atoms with E-state index in [9.17, 15) is 24.0 Å². The summed E-state index contributed by atoms with van der Waals surface area (Å²) in [6.45, 7) is 3.00. The van der Waals surface area contributed by atoms with Crippen molar-refractivity contribution in [1.29, 1.82) is 0 Å². The van der Waals surface area contributed by atoms with Crippen molar-refractivity contribution in [3.05, 3.63) is 63.3 Å². The fourth-order valence-electron chi connectivity index (χ4n) is 2.18. The summed E-state index contributed by atoms with van der Waals surface area (Å²) in [6.07, 6.45) is -1.45. The molecule has 0 bridgehead atoms. The summed E-state index contributed by atoms with van der Waals surface area (Å²) in [5, 5.41) is 23.7. The lowest BCUT2D eigenvalue weighted by molar-refractivity contribution is -0.385. The number of pyridine rings is 1. The van der Waals surface area contributed by atoms with E-state index in [1.807, 2.05) is 0 Å². The predicted octanol–water partition coefficient (Wildman–Crippen LogP) is 3.11. The molecule has 0 saturated carbocycles. The summed E-state index contributed by atoms with van der Waals surface area (Å²) < 4.78 is 27.4. The minimum absolute atomic E-state index is 0.135. The lowest BCUT2D eigenvalue weighted by atomic mass is 10.0. The number of nitrogens with zero attached hydrogens (tertiary/aromatic N) is 2. The highest BCUT2D eigenvalue weighted by Gasteiger charge is 2.24. The van der Waals surface area contributed by atoms with E-state index < -0.39 is 34.3 Å². The molecule has 122 valence electrons. The number of halogens is 2. The van der Waals surface area contributed by atoms with E-state index in [-0.39, 0.29) is 17.2 Å². The summed E-state index contributed by atoms with van der Waals surface area (Å²) in [5.41, 5.74) is -0.381. The summed E-state index contributed by atoms with van der Waals surface area (Å²) >= 11 is 0. The first kappa shape index (κ1) is 16.8. The lowest BCUT2D eigenvalue weighted by Gasteiger charge is -2.22. The van der Waals surface area contributed by atoms with Gasteiger partial charge in [-0.3, -0.25) is 10.1 Å². The van der Waals surface area contributed by atoms with Crippen LogP contribution in [0.1, 0.15) is 24.3 Å². The van der Waals surface area contributed by atoms with Gasteiger partial charge in [0, 0.05) is 6.07 Å². The molecule has 1 aromatic heterocycles. The molecule has 2 N–H and O–H groups in total. The highest BCUT2D eigenvalue weighted by Crippen LogP contribution is 2.26. The molecule has 0 spiro atoms. The number of aryl methyl sites for hydroxylation is 1. The van der Waals surface area contributed by atoms with Crippen LogP contribution in [0, 0.1) is 28.7 Å². The molecule has 0 fully saturated rings. The zero-order valence-corrected chi connectivity index (χ0v) is 12.5. The van der Waals surface area contributed by atoms with Crippen LogP contribution in [0.5, 0.6) is 0 Å². The van der Waals surface area contributed by atoms with Gasteiger partial charge in [0.05, 0.1) is 16.5 Å². The minimum atomic E-state index is -1.45. The quantitative estimate of drug-likeness (QED) is 0.652. The molecule has 8 heteroatoms. The van der Waals surface area contributed by atoms with Gasteiger partial charge in [0.15, 0.2) is 0 Å². The van der Waals surface area contributed by atoms with Crippen molar-refractivity contribution in [1.82, 2.24) is 4.98 Å². The molecule has 0 aliphatic heterocycles. The van der Waals surface area contributed by atoms with E-state index in [1.54, 1.807) is 0 Å². The Bertz CT molecular complexity index is 720. The van der Waals surface area contributed by atoms with E-state index >= 15 is 0 Å². The Labute approximate surface area is 130 Å². The zero-order valence-electron chi connectivity index (χ0n) is 12.5. The highest BCUT2D eigenvalue weighted by molar-refractivity contribution is 5.45. The van der Waals surface area contributed by atoms with Crippen molar-refractivity contribution in [2.75, 3.05) is 5.32 Å². The summed E-state index contributed by atoms with van der Waals surface area (Å²) in [6, 6.07) is 5.19. The topological polar surface area (TPSA) is 88.3 Å². The minimum Gasteiger partial charge on any atom is -0.386 e. The average molecular weight is 323 g/mol. The second-order valence-corrected chi connectivity index (χ2v) is 5.07. The molecule has 2 rings (SSSR count).